The molecule has 0 radical (unpaired) electrons. The van der Waals surface area contributed by atoms with Crippen LogP contribution in [0.5, 0.6) is 5.75 Å². The van der Waals surface area contributed by atoms with Crippen molar-refractivity contribution in [3.05, 3.63) is 35.7 Å². The minimum atomic E-state index is -0.557. The second kappa shape index (κ2) is 11.1. The van der Waals surface area contributed by atoms with E-state index in [1.807, 2.05) is 24.3 Å². The van der Waals surface area contributed by atoms with Gasteiger partial charge in [0.2, 0.25) is 17.7 Å². The maximum absolute atomic E-state index is 12.6. The molecule has 2 aromatic rings. The Morgan fingerprint density at radius 3 is 2.48 bits per heavy atom. The highest BCUT2D eigenvalue weighted by Gasteiger charge is 2.36. The Bertz CT molecular complexity index is 895. The smallest absolute Gasteiger partial charge is 0.290 e. The molecule has 2 heterocycles. The molecule has 0 saturated carbocycles. The van der Waals surface area contributed by atoms with E-state index in [-0.39, 0.29) is 31.4 Å². The zero-order chi connectivity index (χ0) is 23.0. The number of carboxylic acid groups (broad SMARTS) is 1. The van der Waals surface area contributed by atoms with Gasteiger partial charge in [-0.15, -0.1) is 0 Å². The lowest BCUT2D eigenvalue weighted by molar-refractivity contribution is -0.156. The number of oxazole rings is 1. The Balaban J connectivity index is 0.00000107. The second-order valence-corrected chi connectivity index (χ2v) is 6.81. The van der Waals surface area contributed by atoms with Crippen LogP contribution in [0.2, 0.25) is 0 Å². The van der Waals surface area contributed by atoms with Crippen molar-refractivity contribution in [1.29, 1.82) is 0 Å². The summed E-state index contributed by atoms with van der Waals surface area (Å²) in [6, 6.07) is 6.83. The fourth-order valence-electron chi connectivity index (χ4n) is 3.15. The van der Waals surface area contributed by atoms with Gasteiger partial charge in [0.25, 0.3) is 6.47 Å². The van der Waals surface area contributed by atoms with Crippen LogP contribution in [0.15, 0.2) is 28.7 Å². The van der Waals surface area contributed by atoms with Crippen molar-refractivity contribution >= 4 is 18.3 Å². The molecule has 0 spiro atoms. The van der Waals surface area contributed by atoms with Crippen molar-refractivity contribution in [2.75, 3.05) is 33.9 Å². The first kappa shape index (κ1) is 23.9. The monoisotopic (exact) mass is 433 g/mol. The van der Waals surface area contributed by atoms with Gasteiger partial charge >= 0.3 is 0 Å². The number of benzene rings is 1. The molecule has 1 aliphatic heterocycles. The van der Waals surface area contributed by atoms with Gasteiger partial charge in [-0.3, -0.25) is 14.4 Å². The predicted octanol–water partition coefficient (Wildman–Crippen LogP) is 1.57. The Labute approximate surface area is 180 Å². The zero-order valence-electron chi connectivity index (χ0n) is 18.0. The van der Waals surface area contributed by atoms with Crippen LogP contribution in [0.1, 0.15) is 18.4 Å². The topological polar surface area (TPSA) is 122 Å². The first-order chi connectivity index (χ1) is 14.9. The SMILES string of the molecule is COCCN1CC(=O)N(Cc2nc(-c3ccc(OC)cc3)oc2C)[C@@H](C)C1=O.O=CO. The van der Waals surface area contributed by atoms with Crippen LogP contribution in [0.3, 0.4) is 0 Å². The first-order valence-electron chi connectivity index (χ1n) is 9.62. The van der Waals surface area contributed by atoms with Crippen LogP contribution in [-0.4, -0.2) is 78.1 Å². The summed E-state index contributed by atoms with van der Waals surface area (Å²) in [4.78, 5) is 41.2. The van der Waals surface area contributed by atoms with Crippen LogP contribution in [0, 0.1) is 6.92 Å². The maximum atomic E-state index is 12.6. The molecule has 10 nitrogen and oxygen atoms in total. The van der Waals surface area contributed by atoms with E-state index < -0.39 is 6.04 Å². The number of carbonyl (C=O) groups is 3. The third kappa shape index (κ3) is 5.82. The third-order valence-corrected chi connectivity index (χ3v) is 4.90. The van der Waals surface area contributed by atoms with E-state index in [9.17, 15) is 9.59 Å². The number of nitrogens with zero attached hydrogens (tertiary/aromatic N) is 3. The Morgan fingerprint density at radius 1 is 1.26 bits per heavy atom. The lowest BCUT2D eigenvalue weighted by atomic mass is 10.1. The van der Waals surface area contributed by atoms with E-state index >= 15 is 0 Å². The van der Waals surface area contributed by atoms with Crippen molar-refractivity contribution in [2.45, 2.75) is 26.4 Å². The van der Waals surface area contributed by atoms with Crippen LogP contribution in [0.25, 0.3) is 11.5 Å². The summed E-state index contributed by atoms with van der Waals surface area (Å²) in [6.45, 7) is 4.38. The molecular weight excluding hydrogens is 406 g/mol. The summed E-state index contributed by atoms with van der Waals surface area (Å²) >= 11 is 0. The highest BCUT2D eigenvalue weighted by Crippen LogP contribution is 2.25. The van der Waals surface area contributed by atoms with Crippen LogP contribution in [0.4, 0.5) is 0 Å². The van der Waals surface area contributed by atoms with Gasteiger partial charge in [0.15, 0.2) is 0 Å². The summed E-state index contributed by atoms with van der Waals surface area (Å²) in [5.74, 6) is 1.64. The van der Waals surface area contributed by atoms with Crippen molar-refractivity contribution in [3.63, 3.8) is 0 Å². The number of methoxy groups -OCH3 is 2. The van der Waals surface area contributed by atoms with E-state index in [0.717, 1.165) is 11.3 Å². The molecular formula is C21H27N3O7. The predicted molar refractivity (Wildman–Crippen MR) is 110 cm³/mol. The van der Waals surface area contributed by atoms with E-state index in [1.165, 1.54) is 4.90 Å². The second-order valence-electron chi connectivity index (χ2n) is 6.81. The van der Waals surface area contributed by atoms with Crippen LogP contribution in [-0.2, 0) is 25.7 Å². The molecule has 1 N–H and O–H groups in total. The molecule has 1 aromatic heterocycles. The molecule has 1 fully saturated rings. The minimum Gasteiger partial charge on any atom is -0.497 e. The highest BCUT2D eigenvalue weighted by atomic mass is 16.5. The molecule has 31 heavy (non-hydrogen) atoms. The summed E-state index contributed by atoms with van der Waals surface area (Å²) in [6.07, 6.45) is 0. The molecule has 0 aliphatic carbocycles. The van der Waals surface area contributed by atoms with Gasteiger partial charge < -0.3 is 28.8 Å². The van der Waals surface area contributed by atoms with Crippen molar-refractivity contribution < 1.29 is 33.4 Å². The van der Waals surface area contributed by atoms with Gasteiger partial charge in [-0.1, -0.05) is 0 Å². The summed E-state index contributed by atoms with van der Waals surface area (Å²) in [7, 11) is 3.18. The first-order valence-corrected chi connectivity index (χ1v) is 9.62. The summed E-state index contributed by atoms with van der Waals surface area (Å²) in [5, 5.41) is 6.89. The van der Waals surface area contributed by atoms with E-state index in [0.29, 0.717) is 30.5 Å². The number of amides is 2. The van der Waals surface area contributed by atoms with Gasteiger partial charge in [0.05, 0.1) is 26.8 Å². The molecule has 0 bridgehead atoms. The van der Waals surface area contributed by atoms with Crippen molar-refractivity contribution in [3.8, 4) is 17.2 Å². The minimum absolute atomic E-state index is 0.0504. The van der Waals surface area contributed by atoms with Gasteiger partial charge in [-0.25, -0.2) is 4.98 Å². The van der Waals surface area contributed by atoms with Crippen molar-refractivity contribution in [1.82, 2.24) is 14.8 Å². The fourth-order valence-corrected chi connectivity index (χ4v) is 3.15. The molecule has 2 amide bonds. The number of aryl methyl sites for hydroxylation is 1. The molecule has 168 valence electrons. The number of rotatable bonds is 7. The highest BCUT2D eigenvalue weighted by molar-refractivity contribution is 5.94. The zero-order valence-corrected chi connectivity index (χ0v) is 18.0. The summed E-state index contributed by atoms with van der Waals surface area (Å²) < 4.78 is 16.0. The number of aromatic nitrogens is 1. The molecule has 1 saturated heterocycles. The summed E-state index contributed by atoms with van der Waals surface area (Å²) in [5.41, 5.74) is 1.46. The maximum Gasteiger partial charge on any atom is 0.290 e. The normalized spacial score (nSPS) is 16.1. The number of ether oxygens (including phenoxy) is 2. The quantitative estimate of drug-likeness (QED) is 0.653. The number of carbonyl (C=O) groups excluding carboxylic acids is 2. The Morgan fingerprint density at radius 2 is 1.90 bits per heavy atom. The third-order valence-electron chi connectivity index (χ3n) is 4.90. The fraction of sp³-hybridized carbons (Fsp3) is 0.429. The number of hydrogen-bond donors (Lipinski definition) is 1. The van der Waals surface area contributed by atoms with Gasteiger partial charge in [-0.2, -0.15) is 0 Å². The van der Waals surface area contributed by atoms with Gasteiger partial charge in [0.1, 0.15) is 23.2 Å². The average Bonchev–Trinajstić information content (AvgIpc) is 3.13. The molecule has 1 aliphatic rings. The van der Waals surface area contributed by atoms with Gasteiger partial charge in [0, 0.05) is 19.2 Å². The number of hydrogen-bond acceptors (Lipinski definition) is 7. The van der Waals surface area contributed by atoms with Crippen LogP contribution >= 0.6 is 0 Å². The van der Waals surface area contributed by atoms with Crippen molar-refractivity contribution in [2.24, 2.45) is 0 Å². The van der Waals surface area contributed by atoms with Crippen LogP contribution < -0.4 is 4.74 Å². The lowest BCUT2D eigenvalue weighted by Crippen LogP contribution is -2.58. The number of piperazine rings is 1. The van der Waals surface area contributed by atoms with Gasteiger partial charge in [-0.05, 0) is 38.1 Å². The van der Waals surface area contributed by atoms with E-state index in [4.69, 9.17) is 23.8 Å². The lowest BCUT2D eigenvalue weighted by Gasteiger charge is -2.38. The molecule has 1 atom stereocenters. The molecule has 10 heteroatoms. The largest absolute Gasteiger partial charge is 0.497 e. The molecule has 3 rings (SSSR count). The van der Waals surface area contributed by atoms with E-state index in [1.54, 1.807) is 33.0 Å². The van der Waals surface area contributed by atoms with E-state index in [2.05, 4.69) is 4.98 Å². The molecule has 0 unspecified atom stereocenters. The average molecular weight is 433 g/mol. The molecule has 1 aromatic carbocycles. The Kier molecular flexibility index (Phi) is 8.56. The standard InChI is InChI=1S/C20H25N3O5.CH2O2/c1-13-20(25)22(9-10-26-3)12-18(24)23(13)11-17-14(2)28-19(21-17)15-5-7-16(27-4)8-6-15;2-1-3/h5-8,13H,9-12H2,1-4H3;1H,(H,2,3)/t13-;/m0./s1. The Hall–Kier alpha value is -3.40.